The molecule has 1 aromatic rings. The third-order valence-electron chi connectivity index (χ3n) is 1.77. The van der Waals surface area contributed by atoms with Crippen LogP contribution in [0.5, 0.6) is 0 Å². The fraction of sp³-hybridized carbons (Fsp3) is 0.250. The molecule has 0 atom stereocenters. The Kier molecular flexibility index (Phi) is 3.16. The molecule has 0 heterocycles. The van der Waals surface area contributed by atoms with Crippen LogP contribution in [0.1, 0.15) is 6.92 Å². The summed E-state index contributed by atoms with van der Waals surface area (Å²) in [4.78, 5) is -0.152. The molecule has 0 aliphatic carbocycles. The van der Waals surface area contributed by atoms with Crippen molar-refractivity contribution in [3.05, 3.63) is 22.4 Å². The van der Waals surface area contributed by atoms with Gasteiger partial charge in [-0.1, -0.05) is 6.92 Å². The summed E-state index contributed by atoms with van der Waals surface area (Å²) < 4.78 is 36.1. The van der Waals surface area contributed by atoms with E-state index < -0.39 is 15.7 Å². The van der Waals surface area contributed by atoms with Crippen molar-refractivity contribution in [2.24, 2.45) is 0 Å². The van der Waals surface area contributed by atoms with E-state index in [2.05, 4.69) is 15.9 Å². The van der Waals surface area contributed by atoms with Gasteiger partial charge in [-0.05, 0) is 28.1 Å². The third kappa shape index (κ3) is 2.06. The first-order chi connectivity index (χ1) is 6.38. The maximum absolute atomic E-state index is 13.1. The second-order valence-electron chi connectivity index (χ2n) is 2.71. The number of rotatable bonds is 2. The van der Waals surface area contributed by atoms with Crippen LogP contribution in [0, 0.1) is 5.82 Å². The van der Waals surface area contributed by atoms with E-state index in [0.29, 0.717) is 0 Å². The van der Waals surface area contributed by atoms with E-state index in [1.165, 1.54) is 13.0 Å². The van der Waals surface area contributed by atoms with Crippen molar-refractivity contribution in [1.29, 1.82) is 0 Å². The van der Waals surface area contributed by atoms with Crippen molar-refractivity contribution in [2.45, 2.75) is 11.8 Å². The Labute approximate surface area is 90.2 Å². The average molecular weight is 282 g/mol. The number of halogens is 2. The normalized spacial score (nSPS) is 11.6. The second-order valence-corrected chi connectivity index (χ2v) is 5.81. The fourth-order valence-electron chi connectivity index (χ4n) is 0.969. The zero-order valence-electron chi connectivity index (χ0n) is 7.42. The summed E-state index contributed by atoms with van der Waals surface area (Å²) in [6, 6.07) is 2.18. The molecule has 78 valence electrons. The Balaban J connectivity index is 3.45. The second kappa shape index (κ2) is 3.86. The minimum atomic E-state index is -3.45. The molecule has 0 spiro atoms. The summed E-state index contributed by atoms with van der Waals surface area (Å²) >= 11 is 2.92. The van der Waals surface area contributed by atoms with Gasteiger partial charge < -0.3 is 5.73 Å². The molecule has 0 unspecified atom stereocenters. The first-order valence-electron chi connectivity index (χ1n) is 3.85. The van der Waals surface area contributed by atoms with Gasteiger partial charge >= 0.3 is 0 Å². The van der Waals surface area contributed by atoms with Crippen LogP contribution < -0.4 is 5.73 Å². The lowest BCUT2D eigenvalue weighted by atomic mass is 10.3. The molecule has 0 bridgehead atoms. The first kappa shape index (κ1) is 11.5. The van der Waals surface area contributed by atoms with Crippen LogP contribution in [0.2, 0.25) is 0 Å². The average Bonchev–Trinajstić information content (AvgIpc) is 2.11. The summed E-state index contributed by atoms with van der Waals surface area (Å²) in [6.07, 6.45) is 0. The van der Waals surface area contributed by atoms with Crippen LogP contribution in [0.15, 0.2) is 21.5 Å². The van der Waals surface area contributed by atoms with Gasteiger partial charge in [0.2, 0.25) is 0 Å². The first-order valence-corrected chi connectivity index (χ1v) is 6.30. The molecule has 0 saturated heterocycles. The third-order valence-corrected chi connectivity index (χ3v) is 4.16. The van der Waals surface area contributed by atoms with Gasteiger partial charge in [0.15, 0.2) is 9.84 Å². The quantitative estimate of drug-likeness (QED) is 0.843. The molecule has 0 radical (unpaired) electrons. The summed E-state index contributed by atoms with van der Waals surface area (Å²) in [5.74, 6) is -0.732. The van der Waals surface area contributed by atoms with Gasteiger partial charge in [0, 0.05) is 0 Å². The van der Waals surface area contributed by atoms with Crippen LogP contribution in [-0.4, -0.2) is 14.2 Å². The molecule has 2 N–H and O–H groups in total. The van der Waals surface area contributed by atoms with Crippen LogP contribution in [-0.2, 0) is 9.84 Å². The summed E-state index contributed by atoms with van der Waals surface area (Å²) in [5.41, 5.74) is 5.53. The van der Waals surface area contributed by atoms with Gasteiger partial charge in [-0.25, -0.2) is 12.8 Å². The number of anilines is 1. The van der Waals surface area contributed by atoms with Crippen molar-refractivity contribution >= 4 is 31.5 Å². The van der Waals surface area contributed by atoms with Gasteiger partial charge in [-0.2, -0.15) is 0 Å². The van der Waals surface area contributed by atoms with E-state index >= 15 is 0 Å². The maximum atomic E-state index is 13.1. The molecule has 0 aliphatic rings. The molecule has 0 aromatic heterocycles. The summed E-state index contributed by atoms with van der Waals surface area (Å²) in [7, 11) is -3.45. The molecule has 14 heavy (non-hydrogen) atoms. The predicted molar refractivity (Wildman–Crippen MR) is 56.2 cm³/mol. The molecule has 3 nitrogen and oxygen atoms in total. The largest absolute Gasteiger partial charge is 0.398 e. The Morgan fingerprint density at radius 1 is 1.50 bits per heavy atom. The van der Waals surface area contributed by atoms with Gasteiger partial charge in [-0.15, -0.1) is 0 Å². The molecule has 0 amide bonds. The molecule has 1 aromatic carbocycles. The van der Waals surface area contributed by atoms with Crippen molar-refractivity contribution in [3.63, 3.8) is 0 Å². The highest BCUT2D eigenvalue weighted by molar-refractivity contribution is 9.10. The minimum Gasteiger partial charge on any atom is -0.398 e. The lowest BCUT2D eigenvalue weighted by Gasteiger charge is -2.06. The van der Waals surface area contributed by atoms with Crippen molar-refractivity contribution in [1.82, 2.24) is 0 Å². The zero-order chi connectivity index (χ0) is 10.9. The van der Waals surface area contributed by atoms with Crippen molar-refractivity contribution < 1.29 is 12.8 Å². The highest BCUT2D eigenvalue weighted by atomic mass is 79.9. The van der Waals surface area contributed by atoms with E-state index in [4.69, 9.17) is 5.73 Å². The predicted octanol–water partition coefficient (Wildman–Crippen LogP) is 1.96. The zero-order valence-corrected chi connectivity index (χ0v) is 9.82. The van der Waals surface area contributed by atoms with E-state index in [9.17, 15) is 12.8 Å². The maximum Gasteiger partial charge on any atom is 0.180 e. The van der Waals surface area contributed by atoms with Gasteiger partial charge in [-0.3, -0.25) is 0 Å². The molecule has 0 aliphatic heterocycles. The van der Waals surface area contributed by atoms with Crippen molar-refractivity contribution in [2.75, 3.05) is 11.5 Å². The highest BCUT2D eigenvalue weighted by Gasteiger charge is 2.17. The number of nitrogens with two attached hydrogens (primary N) is 1. The van der Waals surface area contributed by atoms with Crippen LogP contribution in [0.3, 0.4) is 0 Å². The Hall–Kier alpha value is -0.620. The standard InChI is InChI=1S/C8H9BrFNO2S/c1-2-14(12,13)8-4-6(10)5(9)3-7(8)11/h3-4H,2,11H2,1H3. The summed E-state index contributed by atoms with van der Waals surface area (Å²) in [5, 5.41) is 0. The fourth-order valence-corrected chi connectivity index (χ4v) is 2.34. The number of nitrogen functional groups attached to an aromatic ring is 1. The molecule has 0 fully saturated rings. The molecule has 0 saturated carbocycles. The topological polar surface area (TPSA) is 60.2 Å². The molecule has 6 heteroatoms. The van der Waals surface area contributed by atoms with Gasteiger partial charge in [0.05, 0.1) is 20.8 Å². The van der Waals surface area contributed by atoms with Crippen LogP contribution in [0.4, 0.5) is 10.1 Å². The van der Waals surface area contributed by atoms with E-state index in [1.54, 1.807) is 0 Å². The number of sulfone groups is 1. The lowest BCUT2D eigenvalue weighted by Crippen LogP contribution is -2.07. The number of benzene rings is 1. The van der Waals surface area contributed by atoms with Crippen LogP contribution in [0.25, 0.3) is 0 Å². The Bertz CT molecular complexity index is 459. The SMILES string of the molecule is CCS(=O)(=O)c1cc(F)c(Br)cc1N. The monoisotopic (exact) mass is 281 g/mol. The minimum absolute atomic E-state index is 0.0557. The summed E-state index contributed by atoms with van der Waals surface area (Å²) in [6.45, 7) is 1.48. The smallest absolute Gasteiger partial charge is 0.180 e. The lowest BCUT2D eigenvalue weighted by molar-refractivity contribution is 0.591. The van der Waals surface area contributed by atoms with Crippen molar-refractivity contribution in [3.8, 4) is 0 Å². The van der Waals surface area contributed by atoms with E-state index in [1.807, 2.05) is 0 Å². The number of hydrogen-bond donors (Lipinski definition) is 1. The molecule has 1 rings (SSSR count). The Morgan fingerprint density at radius 3 is 2.57 bits per heavy atom. The van der Waals surface area contributed by atoms with Crippen LogP contribution >= 0.6 is 15.9 Å². The molecular formula is C8H9BrFNO2S. The Morgan fingerprint density at radius 2 is 2.07 bits per heavy atom. The molecular weight excluding hydrogens is 273 g/mol. The highest BCUT2D eigenvalue weighted by Crippen LogP contribution is 2.26. The number of hydrogen-bond acceptors (Lipinski definition) is 3. The van der Waals surface area contributed by atoms with Gasteiger partial charge in [0.1, 0.15) is 5.82 Å². The van der Waals surface area contributed by atoms with Gasteiger partial charge in [0.25, 0.3) is 0 Å². The van der Waals surface area contributed by atoms with E-state index in [-0.39, 0.29) is 20.8 Å². The van der Waals surface area contributed by atoms with E-state index in [0.717, 1.165) is 6.07 Å².